The van der Waals surface area contributed by atoms with Crippen LogP contribution in [0.5, 0.6) is 0 Å². The van der Waals surface area contributed by atoms with Gasteiger partial charge in [-0.25, -0.2) is 0 Å². The number of hydrogen-bond donors (Lipinski definition) is 0. The molecular formula is C8HCl17. The van der Waals surface area contributed by atoms with Crippen molar-refractivity contribution < 1.29 is 0 Å². The quantitative estimate of drug-likeness (QED) is 0.251. The average molecular weight is 700 g/mol. The molecule has 0 aromatic heterocycles. The van der Waals surface area contributed by atoms with Crippen LogP contribution in [0.4, 0.5) is 0 Å². The van der Waals surface area contributed by atoms with Crippen LogP contribution < -0.4 is 0 Å². The van der Waals surface area contributed by atoms with E-state index in [4.69, 9.17) is 197 Å². The van der Waals surface area contributed by atoms with E-state index in [9.17, 15) is 0 Å². The van der Waals surface area contributed by atoms with Crippen molar-refractivity contribution in [2.75, 3.05) is 0 Å². The van der Waals surface area contributed by atoms with E-state index in [2.05, 4.69) is 0 Å². The fraction of sp³-hybridized carbons (Fsp3) is 1.00. The second kappa shape index (κ2) is 9.05. The van der Waals surface area contributed by atoms with Gasteiger partial charge in [0, 0.05) is 0 Å². The Morgan fingerprint density at radius 1 is 0.400 bits per heavy atom. The predicted octanol–water partition coefficient (Wildman–Crippen LogP) is 10.2. The molecule has 0 aromatic carbocycles. The van der Waals surface area contributed by atoms with Crippen LogP contribution in [-0.2, 0) is 0 Å². The van der Waals surface area contributed by atoms with E-state index >= 15 is 0 Å². The molecule has 0 nitrogen and oxygen atoms in total. The molecule has 0 heterocycles. The van der Waals surface area contributed by atoms with Gasteiger partial charge in [-0.1, -0.05) is 186 Å². The molecule has 0 aromatic rings. The first-order valence-corrected chi connectivity index (χ1v) is 11.6. The Hall–Kier alpha value is 4.93. The summed E-state index contributed by atoms with van der Waals surface area (Å²) >= 11 is 100. The van der Waals surface area contributed by atoms with Crippen LogP contribution in [-0.4, -0.2) is 34.6 Å². The van der Waals surface area contributed by atoms with E-state index in [1.54, 1.807) is 0 Å². The highest BCUT2D eigenvalue weighted by atomic mass is 35.6. The summed E-state index contributed by atoms with van der Waals surface area (Å²) in [5.41, 5.74) is 0. The summed E-state index contributed by atoms with van der Waals surface area (Å²) in [6.45, 7) is 0. The maximum Gasteiger partial charge on any atom is 0.226 e. The molecule has 1 atom stereocenters. The monoisotopic (exact) mass is 691 g/mol. The molecule has 0 aliphatic carbocycles. The van der Waals surface area contributed by atoms with Crippen molar-refractivity contribution in [2.45, 2.75) is 34.6 Å². The Bertz CT molecular complexity index is 478. The number of hydrogen-bond acceptors (Lipinski definition) is 0. The average Bonchev–Trinajstić information content (AvgIpc) is 2.34. The summed E-state index contributed by atoms with van der Waals surface area (Å²) in [6, 6.07) is 0. The molecule has 0 radical (unpaired) electrons. The summed E-state index contributed by atoms with van der Waals surface area (Å²) in [5, 5.41) is -1.81. The summed E-state index contributed by atoms with van der Waals surface area (Å²) in [4.78, 5) is 0. The lowest BCUT2D eigenvalue weighted by Gasteiger charge is -2.52. The first-order valence-electron chi connectivity index (χ1n) is 5.07. The third kappa shape index (κ3) is 5.47. The molecule has 0 N–H and O–H groups in total. The fourth-order valence-electron chi connectivity index (χ4n) is 1.15. The molecule has 0 amide bonds. The van der Waals surface area contributed by atoms with Gasteiger partial charge in [0.05, 0.1) is 0 Å². The molecule has 0 fully saturated rings. The fourth-order valence-corrected chi connectivity index (χ4v) is 6.09. The van der Waals surface area contributed by atoms with Crippen molar-refractivity contribution in [3.63, 3.8) is 0 Å². The zero-order valence-electron chi connectivity index (χ0n) is 10.5. The zero-order chi connectivity index (χ0) is 21.1. The number of alkyl halides is 17. The van der Waals surface area contributed by atoms with Gasteiger partial charge in [-0.2, -0.15) is 0 Å². The van der Waals surface area contributed by atoms with Crippen LogP contribution in [0.15, 0.2) is 0 Å². The van der Waals surface area contributed by atoms with Crippen LogP contribution in [0.3, 0.4) is 0 Å². The smallest absolute Gasteiger partial charge is 0.115 e. The van der Waals surface area contributed by atoms with Gasteiger partial charge in [-0.05, 0) is 0 Å². The van der Waals surface area contributed by atoms with Crippen molar-refractivity contribution in [1.29, 1.82) is 0 Å². The lowest BCUT2D eigenvalue weighted by molar-refractivity contribution is 0.485. The molecule has 1 unspecified atom stereocenters. The Kier molecular flexibility index (Phi) is 10.8. The maximum atomic E-state index is 6.12. The molecule has 0 bridgehead atoms. The van der Waals surface area contributed by atoms with Crippen molar-refractivity contribution in [3.8, 4) is 0 Å². The minimum Gasteiger partial charge on any atom is -0.115 e. The van der Waals surface area contributed by atoms with Gasteiger partial charge in [0.25, 0.3) is 0 Å². The van der Waals surface area contributed by atoms with Crippen LogP contribution in [0.2, 0.25) is 0 Å². The normalized spacial score (nSPS) is 17.6. The number of halogens is 17. The van der Waals surface area contributed by atoms with Crippen LogP contribution in [0.25, 0.3) is 0 Å². The topological polar surface area (TPSA) is 0 Å². The lowest BCUT2D eigenvalue weighted by Crippen LogP contribution is -2.67. The summed E-state index contributed by atoms with van der Waals surface area (Å²) in [6.07, 6.45) is 0. The first-order chi connectivity index (χ1) is 10.4. The molecule has 152 valence electrons. The second-order valence-electron chi connectivity index (χ2n) is 4.32. The van der Waals surface area contributed by atoms with Gasteiger partial charge in [-0.3, -0.25) is 0 Å². The molecule has 0 rings (SSSR count). The molecular weight excluding hydrogens is 699 g/mol. The highest BCUT2D eigenvalue weighted by Crippen LogP contribution is 2.70. The van der Waals surface area contributed by atoms with E-state index in [0.717, 1.165) is 0 Å². The van der Waals surface area contributed by atoms with Crippen LogP contribution in [0.1, 0.15) is 0 Å². The van der Waals surface area contributed by atoms with Gasteiger partial charge < -0.3 is 0 Å². The summed E-state index contributed by atoms with van der Waals surface area (Å²) in [7, 11) is 0. The molecule has 0 saturated heterocycles. The standard InChI is InChI=1S/C8HCl17/c9-1(3(12,13)14)2(10,11)4(15,16)5(17,18)6(19,20)7(21,22)8(23,24)25/h1H. The molecule has 0 saturated carbocycles. The van der Waals surface area contributed by atoms with E-state index in [0.29, 0.717) is 0 Å². The van der Waals surface area contributed by atoms with Gasteiger partial charge >= 0.3 is 0 Å². The molecule has 0 spiro atoms. The van der Waals surface area contributed by atoms with Crippen molar-refractivity contribution in [2.24, 2.45) is 0 Å². The van der Waals surface area contributed by atoms with Crippen LogP contribution >= 0.6 is 197 Å². The van der Waals surface area contributed by atoms with Gasteiger partial charge in [0.1, 0.15) is 5.38 Å². The van der Waals surface area contributed by atoms with E-state index in [-0.39, 0.29) is 0 Å². The van der Waals surface area contributed by atoms with Gasteiger partial charge in [0.2, 0.25) is 11.9 Å². The van der Waals surface area contributed by atoms with E-state index in [1.807, 2.05) is 0 Å². The molecule has 0 aliphatic rings. The third-order valence-electron chi connectivity index (χ3n) is 2.56. The van der Waals surface area contributed by atoms with Crippen LogP contribution in [0, 0.1) is 0 Å². The summed E-state index contributed by atoms with van der Waals surface area (Å²) in [5.74, 6) is 0. The SMILES string of the molecule is ClC(C(Cl)(Cl)Cl)C(Cl)(Cl)C(Cl)(Cl)C(Cl)(Cl)C(Cl)(Cl)C(Cl)(Cl)C(Cl)(Cl)Cl. The first kappa shape index (κ1) is 29.9. The molecule has 25 heavy (non-hydrogen) atoms. The van der Waals surface area contributed by atoms with Crippen molar-refractivity contribution in [1.82, 2.24) is 0 Å². The Labute approximate surface area is 228 Å². The van der Waals surface area contributed by atoms with Crippen molar-refractivity contribution in [3.05, 3.63) is 0 Å². The minimum atomic E-state index is -2.87. The van der Waals surface area contributed by atoms with Crippen molar-refractivity contribution >= 4 is 197 Å². The summed E-state index contributed by atoms with van der Waals surface area (Å²) < 4.78 is -18.7. The Morgan fingerprint density at radius 3 is 0.920 bits per heavy atom. The minimum absolute atomic E-state index is 1.81. The molecule has 0 aliphatic heterocycles. The highest BCUT2D eigenvalue weighted by Gasteiger charge is 2.78. The lowest BCUT2D eigenvalue weighted by atomic mass is 10.1. The zero-order valence-corrected chi connectivity index (χ0v) is 23.4. The Morgan fingerprint density at radius 2 is 0.680 bits per heavy atom. The Balaban J connectivity index is 6.40. The maximum absolute atomic E-state index is 6.12. The van der Waals surface area contributed by atoms with E-state index in [1.165, 1.54) is 0 Å². The predicted molar refractivity (Wildman–Crippen MR) is 122 cm³/mol. The second-order valence-corrected chi connectivity index (χ2v) is 16.1. The molecule has 17 heteroatoms. The third-order valence-corrected chi connectivity index (χ3v) is 13.0. The number of rotatable bonds is 5. The highest BCUT2D eigenvalue weighted by molar-refractivity contribution is 6.82. The van der Waals surface area contributed by atoms with E-state index < -0.39 is 34.6 Å². The van der Waals surface area contributed by atoms with Gasteiger partial charge in [-0.15, -0.1) is 11.6 Å². The van der Waals surface area contributed by atoms with Gasteiger partial charge in [0.15, 0.2) is 17.3 Å². The largest absolute Gasteiger partial charge is 0.226 e.